The highest BCUT2D eigenvalue weighted by molar-refractivity contribution is 5.94. The summed E-state index contributed by atoms with van der Waals surface area (Å²) in [6.07, 6.45) is 2.54. The van der Waals surface area contributed by atoms with Crippen molar-refractivity contribution in [3.63, 3.8) is 0 Å². The largest absolute Gasteiger partial charge is 0.494 e. The Morgan fingerprint density at radius 3 is 2.49 bits per heavy atom. The van der Waals surface area contributed by atoms with E-state index in [1.807, 2.05) is 48.5 Å². The van der Waals surface area contributed by atoms with Crippen molar-refractivity contribution in [2.75, 3.05) is 27.4 Å². The standard InChI is InChI=1S/C28H31N3O4/c1-33-25-15-14-21(20-26(25)34-2)28(32)29-17-16-27-30-23-12-6-7-13-24(23)31(27)18-8-9-19-35-22-10-4-3-5-11-22/h3-7,10-15,20H,8-9,16-19H2,1-2H3,(H,29,32). The fourth-order valence-corrected chi connectivity index (χ4v) is 4.01. The van der Waals surface area contributed by atoms with E-state index >= 15 is 0 Å². The number of unbranched alkanes of at least 4 members (excludes halogenated alkanes) is 1. The lowest BCUT2D eigenvalue weighted by Crippen LogP contribution is -2.26. The Morgan fingerprint density at radius 2 is 1.69 bits per heavy atom. The van der Waals surface area contributed by atoms with Crippen LogP contribution in [0.5, 0.6) is 17.2 Å². The molecular weight excluding hydrogens is 442 g/mol. The van der Waals surface area contributed by atoms with Crippen LogP contribution in [0.1, 0.15) is 29.0 Å². The van der Waals surface area contributed by atoms with Gasteiger partial charge in [-0.3, -0.25) is 4.79 Å². The molecule has 0 aliphatic rings. The maximum atomic E-state index is 12.7. The molecule has 1 N–H and O–H groups in total. The number of imidazole rings is 1. The smallest absolute Gasteiger partial charge is 0.251 e. The van der Waals surface area contributed by atoms with E-state index in [2.05, 4.69) is 16.0 Å². The summed E-state index contributed by atoms with van der Waals surface area (Å²) in [6.45, 7) is 2.00. The number of methoxy groups -OCH3 is 2. The van der Waals surface area contributed by atoms with E-state index < -0.39 is 0 Å². The lowest BCUT2D eigenvalue weighted by molar-refractivity contribution is 0.0953. The fraction of sp³-hybridized carbons (Fsp3) is 0.286. The predicted molar refractivity (Wildman–Crippen MR) is 136 cm³/mol. The number of rotatable bonds is 12. The minimum absolute atomic E-state index is 0.160. The maximum absolute atomic E-state index is 12.7. The van der Waals surface area contributed by atoms with Crippen LogP contribution in [0.2, 0.25) is 0 Å². The number of nitrogens with zero attached hydrogens (tertiary/aromatic N) is 2. The molecule has 7 heteroatoms. The van der Waals surface area contributed by atoms with Crippen molar-refractivity contribution in [3.8, 4) is 17.2 Å². The van der Waals surface area contributed by atoms with Gasteiger partial charge in [0.15, 0.2) is 11.5 Å². The third kappa shape index (κ3) is 6.12. The van der Waals surface area contributed by atoms with E-state index in [1.165, 1.54) is 0 Å². The first-order valence-corrected chi connectivity index (χ1v) is 11.8. The number of ether oxygens (including phenoxy) is 3. The Kier molecular flexibility index (Phi) is 8.22. The number of fused-ring (bicyclic) bond motifs is 1. The van der Waals surface area contributed by atoms with E-state index in [0.29, 0.717) is 36.6 Å². The van der Waals surface area contributed by atoms with Crippen molar-refractivity contribution in [2.24, 2.45) is 0 Å². The zero-order valence-corrected chi connectivity index (χ0v) is 20.2. The van der Waals surface area contributed by atoms with Gasteiger partial charge in [-0.15, -0.1) is 0 Å². The second-order valence-electron chi connectivity index (χ2n) is 8.11. The molecule has 0 unspecified atom stereocenters. The highest BCUT2D eigenvalue weighted by atomic mass is 16.5. The van der Waals surface area contributed by atoms with E-state index in [-0.39, 0.29) is 5.91 Å². The second-order valence-corrected chi connectivity index (χ2v) is 8.11. The van der Waals surface area contributed by atoms with E-state index in [9.17, 15) is 4.79 Å². The molecule has 0 radical (unpaired) electrons. The van der Waals surface area contributed by atoms with Crippen LogP contribution in [0, 0.1) is 0 Å². The van der Waals surface area contributed by atoms with Crippen molar-refractivity contribution in [3.05, 3.63) is 84.2 Å². The molecule has 1 aromatic heterocycles. The lowest BCUT2D eigenvalue weighted by atomic mass is 10.2. The van der Waals surface area contributed by atoms with Crippen LogP contribution >= 0.6 is 0 Å². The molecule has 3 aromatic carbocycles. The topological polar surface area (TPSA) is 74.6 Å². The lowest BCUT2D eigenvalue weighted by Gasteiger charge is -2.12. The van der Waals surface area contributed by atoms with Gasteiger partial charge in [0, 0.05) is 25.1 Å². The number of carbonyl (C=O) groups excluding carboxylic acids is 1. The molecule has 0 bridgehead atoms. The van der Waals surface area contributed by atoms with Crippen LogP contribution in [-0.2, 0) is 13.0 Å². The van der Waals surface area contributed by atoms with Gasteiger partial charge in [-0.25, -0.2) is 4.98 Å². The highest BCUT2D eigenvalue weighted by Crippen LogP contribution is 2.27. The summed E-state index contributed by atoms with van der Waals surface area (Å²) in [5, 5.41) is 2.99. The first-order chi connectivity index (χ1) is 17.2. The van der Waals surface area contributed by atoms with Gasteiger partial charge in [0.25, 0.3) is 5.91 Å². The molecule has 182 valence electrons. The van der Waals surface area contributed by atoms with Crippen LogP contribution in [-0.4, -0.2) is 42.8 Å². The summed E-state index contributed by atoms with van der Waals surface area (Å²) in [5.74, 6) is 2.81. The monoisotopic (exact) mass is 473 g/mol. The van der Waals surface area contributed by atoms with Gasteiger partial charge in [0.05, 0.1) is 31.9 Å². The summed E-state index contributed by atoms with van der Waals surface area (Å²) >= 11 is 0. The molecule has 1 heterocycles. The number of aryl methyl sites for hydroxylation is 1. The summed E-state index contributed by atoms with van der Waals surface area (Å²) in [6, 6.07) is 23.2. The molecule has 4 aromatic rings. The molecule has 7 nitrogen and oxygen atoms in total. The average molecular weight is 474 g/mol. The summed E-state index contributed by atoms with van der Waals surface area (Å²) in [4.78, 5) is 17.5. The molecule has 0 aliphatic carbocycles. The number of hydrogen-bond donors (Lipinski definition) is 1. The molecule has 0 saturated carbocycles. The van der Waals surface area contributed by atoms with Crippen LogP contribution in [0.25, 0.3) is 11.0 Å². The van der Waals surface area contributed by atoms with Crippen molar-refractivity contribution >= 4 is 16.9 Å². The molecule has 0 fully saturated rings. The quantitative estimate of drug-likeness (QED) is 0.297. The highest BCUT2D eigenvalue weighted by Gasteiger charge is 2.13. The molecule has 35 heavy (non-hydrogen) atoms. The number of para-hydroxylation sites is 3. The minimum atomic E-state index is -0.160. The zero-order valence-electron chi connectivity index (χ0n) is 20.2. The summed E-state index contributed by atoms with van der Waals surface area (Å²) < 4.78 is 18.6. The van der Waals surface area contributed by atoms with Crippen molar-refractivity contribution in [1.82, 2.24) is 14.9 Å². The maximum Gasteiger partial charge on any atom is 0.251 e. The number of benzene rings is 3. The third-order valence-electron chi connectivity index (χ3n) is 5.80. The minimum Gasteiger partial charge on any atom is -0.494 e. The van der Waals surface area contributed by atoms with Crippen LogP contribution in [0.15, 0.2) is 72.8 Å². The first-order valence-electron chi connectivity index (χ1n) is 11.8. The van der Waals surface area contributed by atoms with Crippen LogP contribution in [0.3, 0.4) is 0 Å². The van der Waals surface area contributed by atoms with Crippen LogP contribution < -0.4 is 19.5 Å². The number of nitrogens with one attached hydrogen (secondary N) is 1. The fourth-order valence-electron chi connectivity index (χ4n) is 4.01. The molecule has 0 aliphatic heterocycles. The third-order valence-corrected chi connectivity index (χ3v) is 5.80. The van der Waals surface area contributed by atoms with Gasteiger partial charge in [0.1, 0.15) is 11.6 Å². The van der Waals surface area contributed by atoms with Gasteiger partial charge >= 0.3 is 0 Å². The molecular formula is C28H31N3O4. The van der Waals surface area contributed by atoms with Crippen molar-refractivity contribution in [1.29, 1.82) is 0 Å². The van der Waals surface area contributed by atoms with Gasteiger partial charge in [0.2, 0.25) is 0 Å². The van der Waals surface area contributed by atoms with Gasteiger partial charge in [-0.1, -0.05) is 30.3 Å². The number of aromatic nitrogens is 2. The average Bonchev–Trinajstić information content (AvgIpc) is 3.25. The number of amides is 1. The normalized spacial score (nSPS) is 10.8. The summed E-state index contributed by atoms with van der Waals surface area (Å²) in [7, 11) is 3.12. The number of carbonyl (C=O) groups is 1. The van der Waals surface area contributed by atoms with Gasteiger partial charge in [-0.05, 0) is 55.3 Å². The Balaban J connectivity index is 1.34. The Hall–Kier alpha value is -4.00. The molecule has 0 atom stereocenters. The second kappa shape index (κ2) is 11.9. The van der Waals surface area contributed by atoms with Crippen molar-refractivity contribution < 1.29 is 19.0 Å². The molecule has 1 amide bonds. The molecule has 0 saturated heterocycles. The molecule has 4 rings (SSSR count). The summed E-state index contributed by atoms with van der Waals surface area (Å²) in [5.41, 5.74) is 2.60. The van der Waals surface area contributed by atoms with Crippen molar-refractivity contribution in [2.45, 2.75) is 25.8 Å². The van der Waals surface area contributed by atoms with Crippen LogP contribution in [0.4, 0.5) is 0 Å². The van der Waals surface area contributed by atoms with Gasteiger partial charge < -0.3 is 24.1 Å². The van der Waals surface area contributed by atoms with E-state index in [1.54, 1.807) is 32.4 Å². The number of hydrogen-bond acceptors (Lipinski definition) is 5. The Labute approximate surface area is 205 Å². The Bertz CT molecular complexity index is 1250. The zero-order chi connectivity index (χ0) is 24.5. The SMILES string of the molecule is COc1ccc(C(=O)NCCc2nc3ccccc3n2CCCCOc2ccccc2)cc1OC. The van der Waals surface area contributed by atoms with E-state index in [0.717, 1.165) is 42.0 Å². The molecule has 0 spiro atoms. The Morgan fingerprint density at radius 1 is 0.914 bits per heavy atom. The first kappa shape index (κ1) is 24.1. The predicted octanol–water partition coefficient (Wildman–Crippen LogP) is 4.89. The van der Waals surface area contributed by atoms with Gasteiger partial charge in [-0.2, -0.15) is 0 Å². The van der Waals surface area contributed by atoms with E-state index in [4.69, 9.17) is 19.2 Å².